The summed E-state index contributed by atoms with van der Waals surface area (Å²) in [5.74, 6) is -5.83. The lowest BCUT2D eigenvalue weighted by molar-refractivity contribution is -0.148. The molecule has 5 N–H and O–H groups in total. The summed E-state index contributed by atoms with van der Waals surface area (Å²) < 4.78 is 6.00. The molecule has 0 unspecified atom stereocenters. The highest BCUT2D eigenvalue weighted by atomic mass is 16.5. The van der Waals surface area contributed by atoms with E-state index in [1.165, 1.54) is 0 Å². The van der Waals surface area contributed by atoms with Crippen LogP contribution in [0.15, 0.2) is 34.8 Å². The molecule has 10 heteroatoms. The van der Waals surface area contributed by atoms with Gasteiger partial charge in [0.1, 0.15) is 22.8 Å². The maximum Gasteiger partial charge on any atom is 0.255 e. The molecule has 0 saturated heterocycles. The van der Waals surface area contributed by atoms with Gasteiger partial charge in [0.2, 0.25) is 5.78 Å². The third kappa shape index (κ3) is 3.80. The third-order valence-corrected chi connectivity index (χ3v) is 8.28. The van der Waals surface area contributed by atoms with Gasteiger partial charge in [-0.15, -0.1) is 0 Å². The van der Waals surface area contributed by atoms with E-state index in [0.29, 0.717) is 17.9 Å². The maximum absolute atomic E-state index is 14.2. The number of carbonyl (C=O) groups is 3. The van der Waals surface area contributed by atoms with Gasteiger partial charge in [0.05, 0.1) is 18.2 Å². The molecule has 3 aliphatic carbocycles. The minimum atomic E-state index is -2.60. The number of likely N-dealkylation sites (N-methyl/N-ethyl adjacent to an activating group) is 1. The molecule has 0 aliphatic heterocycles. The molecule has 4 rings (SSSR count). The van der Waals surface area contributed by atoms with Crippen LogP contribution in [0, 0.1) is 11.8 Å². The van der Waals surface area contributed by atoms with E-state index in [1.807, 2.05) is 38.9 Å². The Kier molecular flexibility index (Phi) is 7.09. The van der Waals surface area contributed by atoms with Crippen LogP contribution < -0.4 is 15.4 Å². The average molecular weight is 528 g/mol. The van der Waals surface area contributed by atoms with Crippen LogP contribution in [0.5, 0.6) is 5.75 Å². The molecule has 38 heavy (non-hydrogen) atoms. The summed E-state index contributed by atoms with van der Waals surface area (Å²) in [7, 11) is 7.01. The fourth-order valence-corrected chi connectivity index (χ4v) is 6.43. The number of aliphatic hydroxyl groups is 3. The zero-order valence-corrected chi connectivity index (χ0v) is 22.7. The lowest BCUT2D eigenvalue weighted by Crippen LogP contribution is -2.64. The second-order valence-electron chi connectivity index (χ2n) is 10.9. The number of fused-ring (bicyclic) bond motifs is 3. The number of carbonyl (C=O) groups excluding carboxylic acids is 3. The van der Waals surface area contributed by atoms with Crippen molar-refractivity contribution in [2.24, 2.45) is 17.6 Å². The zero-order chi connectivity index (χ0) is 28.3. The largest absolute Gasteiger partial charge is 0.510 e. The summed E-state index contributed by atoms with van der Waals surface area (Å²) in [6, 6.07) is 2.63. The van der Waals surface area contributed by atoms with Crippen LogP contribution in [-0.2, 0) is 9.59 Å². The highest BCUT2D eigenvalue weighted by Crippen LogP contribution is 2.56. The first-order valence-corrected chi connectivity index (χ1v) is 12.9. The summed E-state index contributed by atoms with van der Waals surface area (Å²) in [4.78, 5) is 43.3. The molecular formula is C28H37N3O7. The average Bonchev–Trinajstić information content (AvgIpc) is 2.83. The van der Waals surface area contributed by atoms with Gasteiger partial charge in [0.25, 0.3) is 5.91 Å². The van der Waals surface area contributed by atoms with Gasteiger partial charge in [0, 0.05) is 31.3 Å². The van der Waals surface area contributed by atoms with E-state index < -0.39 is 58.0 Å². The first-order valence-electron chi connectivity index (χ1n) is 12.9. The lowest BCUT2D eigenvalue weighted by Gasteiger charge is -2.51. The van der Waals surface area contributed by atoms with Crippen molar-refractivity contribution in [1.29, 1.82) is 0 Å². The molecule has 0 radical (unpaired) electrons. The Balaban J connectivity index is 1.98. The number of ketones is 2. The van der Waals surface area contributed by atoms with E-state index in [2.05, 4.69) is 0 Å². The molecule has 1 aromatic rings. The highest BCUT2D eigenvalue weighted by Gasteiger charge is 2.64. The van der Waals surface area contributed by atoms with Crippen molar-refractivity contribution in [1.82, 2.24) is 4.90 Å². The number of Topliss-reactive ketones (excluding diaryl/α,β-unsaturated/α-hetero) is 2. The Morgan fingerprint density at radius 2 is 1.84 bits per heavy atom. The van der Waals surface area contributed by atoms with Gasteiger partial charge in [-0.25, -0.2) is 0 Å². The van der Waals surface area contributed by atoms with E-state index in [9.17, 15) is 29.7 Å². The van der Waals surface area contributed by atoms with Gasteiger partial charge >= 0.3 is 0 Å². The van der Waals surface area contributed by atoms with Crippen molar-refractivity contribution < 1.29 is 34.4 Å². The first-order chi connectivity index (χ1) is 17.8. The Morgan fingerprint density at radius 3 is 2.39 bits per heavy atom. The van der Waals surface area contributed by atoms with Crippen molar-refractivity contribution in [3.63, 3.8) is 0 Å². The number of unbranched alkanes of at least 4 members (excludes halogenated alkanes) is 1. The predicted molar refractivity (Wildman–Crippen MR) is 141 cm³/mol. The number of ether oxygens (including phenoxy) is 1. The molecule has 3 aliphatic rings. The number of hydrogen-bond acceptors (Lipinski definition) is 9. The van der Waals surface area contributed by atoms with E-state index in [4.69, 9.17) is 10.5 Å². The fourth-order valence-electron chi connectivity index (χ4n) is 6.43. The van der Waals surface area contributed by atoms with Crippen LogP contribution in [0.25, 0.3) is 0 Å². The number of nitrogens with two attached hydrogens (primary N) is 1. The summed E-state index contributed by atoms with van der Waals surface area (Å²) in [5, 5.41) is 34.3. The minimum Gasteiger partial charge on any atom is -0.510 e. The SMILES string of the molecule is CCCCOc1ccc(N(C)C)c2c1C(=O)C1=C(O)[C@]3(O)C(=O)C(C(N)=O)=C(O)[C@H](N(C)C)[C@@H]3C[C@@H]1[C@@H]2C. The van der Waals surface area contributed by atoms with Crippen molar-refractivity contribution in [3.8, 4) is 5.75 Å². The minimum absolute atomic E-state index is 0.0731. The third-order valence-electron chi connectivity index (χ3n) is 8.28. The van der Waals surface area contributed by atoms with Gasteiger partial charge < -0.3 is 30.7 Å². The standard InChI is InChI=1S/C28H37N3O7/c1-7-8-11-38-17-10-9-16(30(3)4)18-13(2)14-12-15-22(31(5)6)24(33)21(27(29)36)26(35)28(15,37)25(34)19(14)23(32)20(17)18/h9-10,13-15,22,33-34,37H,7-8,11-12H2,1-6H3,(H2,29,36)/t13-,14+,15-,22+,28-/m0/s1. The van der Waals surface area contributed by atoms with Gasteiger partial charge in [0.15, 0.2) is 11.4 Å². The van der Waals surface area contributed by atoms with Crippen molar-refractivity contribution in [2.45, 2.75) is 50.7 Å². The van der Waals surface area contributed by atoms with Gasteiger partial charge in [-0.2, -0.15) is 0 Å². The van der Waals surface area contributed by atoms with Crippen molar-refractivity contribution >= 4 is 23.2 Å². The molecule has 5 atom stereocenters. The Morgan fingerprint density at radius 1 is 1.18 bits per heavy atom. The Bertz CT molecular complexity index is 1270. The smallest absolute Gasteiger partial charge is 0.255 e. The number of hydrogen-bond donors (Lipinski definition) is 4. The fraction of sp³-hybridized carbons (Fsp3) is 0.536. The number of aliphatic hydroxyl groups excluding tert-OH is 2. The highest BCUT2D eigenvalue weighted by molar-refractivity contribution is 6.25. The molecule has 0 fully saturated rings. The summed E-state index contributed by atoms with van der Waals surface area (Å²) in [5.41, 5.74) is 3.84. The van der Waals surface area contributed by atoms with E-state index >= 15 is 0 Å². The van der Waals surface area contributed by atoms with Gasteiger partial charge in [-0.3, -0.25) is 19.3 Å². The predicted octanol–water partition coefficient (Wildman–Crippen LogP) is 2.22. The molecule has 0 aromatic heterocycles. The Hall–Kier alpha value is -3.37. The number of nitrogens with zero attached hydrogens (tertiary/aromatic N) is 2. The molecular weight excluding hydrogens is 490 g/mol. The maximum atomic E-state index is 14.2. The second kappa shape index (κ2) is 9.74. The zero-order valence-electron chi connectivity index (χ0n) is 22.7. The van der Waals surface area contributed by atoms with Crippen LogP contribution in [0.4, 0.5) is 5.69 Å². The number of benzene rings is 1. The number of anilines is 1. The Labute approximate surface area is 222 Å². The quantitative estimate of drug-likeness (QED) is 0.309. The van der Waals surface area contributed by atoms with Crippen LogP contribution in [0.2, 0.25) is 0 Å². The number of primary amides is 1. The molecule has 206 valence electrons. The van der Waals surface area contributed by atoms with Crippen molar-refractivity contribution in [3.05, 3.63) is 45.9 Å². The monoisotopic (exact) mass is 527 g/mol. The summed E-state index contributed by atoms with van der Waals surface area (Å²) >= 11 is 0. The number of allylic oxidation sites excluding steroid dienone is 1. The molecule has 1 amide bonds. The lowest BCUT2D eigenvalue weighted by atomic mass is 9.56. The van der Waals surface area contributed by atoms with Crippen LogP contribution in [0.3, 0.4) is 0 Å². The topological polar surface area (TPSA) is 154 Å². The molecule has 0 saturated carbocycles. The van der Waals surface area contributed by atoms with Gasteiger partial charge in [-0.1, -0.05) is 20.3 Å². The van der Waals surface area contributed by atoms with Crippen LogP contribution >= 0.6 is 0 Å². The normalized spacial score (nSPS) is 28.7. The molecule has 10 nitrogen and oxygen atoms in total. The number of amides is 1. The number of rotatable bonds is 7. The molecule has 0 heterocycles. The van der Waals surface area contributed by atoms with Crippen LogP contribution in [-0.4, -0.2) is 84.1 Å². The van der Waals surface area contributed by atoms with Crippen LogP contribution in [0.1, 0.15) is 54.9 Å². The molecule has 0 bridgehead atoms. The molecule has 1 aromatic carbocycles. The first kappa shape index (κ1) is 27.7. The van der Waals surface area contributed by atoms with E-state index in [-0.39, 0.29) is 17.9 Å². The van der Waals surface area contributed by atoms with E-state index in [1.54, 1.807) is 25.1 Å². The summed E-state index contributed by atoms with van der Waals surface area (Å²) in [6.07, 6.45) is 1.79. The van der Waals surface area contributed by atoms with E-state index in [0.717, 1.165) is 24.1 Å². The van der Waals surface area contributed by atoms with Gasteiger partial charge in [-0.05, 0) is 56.5 Å². The van der Waals surface area contributed by atoms with Crippen molar-refractivity contribution in [2.75, 3.05) is 39.7 Å². The second-order valence-corrected chi connectivity index (χ2v) is 10.9. The summed E-state index contributed by atoms with van der Waals surface area (Å²) in [6.45, 7) is 4.38. The molecule has 0 spiro atoms.